The van der Waals surface area contributed by atoms with E-state index in [2.05, 4.69) is 24.3 Å². The molecule has 0 aromatic heterocycles. The summed E-state index contributed by atoms with van der Waals surface area (Å²) in [7, 11) is 0. The molecule has 3 nitrogen and oxygen atoms in total. The van der Waals surface area contributed by atoms with Crippen LogP contribution in [0.15, 0.2) is 60.7 Å². The zero-order valence-electron chi connectivity index (χ0n) is 14.0. The Morgan fingerprint density at radius 3 is 2.58 bits per heavy atom. The second-order valence-corrected chi connectivity index (χ2v) is 5.97. The molecule has 3 heteroatoms. The molecule has 0 saturated carbocycles. The number of hydrogen-bond donors (Lipinski definition) is 0. The maximum atomic E-state index is 12.2. The number of benzene rings is 2. The lowest BCUT2D eigenvalue weighted by Gasteiger charge is -2.22. The van der Waals surface area contributed by atoms with Crippen LogP contribution in [0.1, 0.15) is 30.9 Å². The number of hydrogen-bond acceptors (Lipinski definition) is 2. The van der Waals surface area contributed by atoms with E-state index in [0.717, 1.165) is 17.7 Å². The van der Waals surface area contributed by atoms with Crippen molar-refractivity contribution >= 4 is 12.0 Å². The van der Waals surface area contributed by atoms with Crippen molar-refractivity contribution in [2.45, 2.75) is 32.4 Å². The average Bonchev–Trinajstić information content (AvgIpc) is 2.96. The predicted molar refractivity (Wildman–Crippen MR) is 96.7 cm³/mol. The molecule has 124 valence electrons. The van der Waals surface area contributed by atoms with Crippen LogP contribution >= 0.6 is 0 Å². The Hall–Kier alpha value is -2.55. The van der Waals surface area contributed by atoms with E-state index in [4.69, 9.17) is 4.74 Å². The summed E-state index contributed by atoms with van der Waals surface area (Å²) in [6.07, 6.45) is 5.75. The number of amides is 1. The number of carbonyl (C=O) groups is 1. The van der Waals surface area contributed by atoms with E-state index in [-0.39, 0.29) is 11.9 Å². The predicted octanol–water partition coefficient (Wildman–Crippen LogP) is 4.29. The summed E-state index contributed by atoms with van der Waals surface area (Å²) in [5, 5.41) is 0. The minimum Gasteiger partial charge on any atom is -0.494 e. The van der Waals surface area contributed by atoms with Gasteiger partial charge in [-0.15, -0.1) is 0 Å². The van der Waals surface area contributed by atoms with Crippen LogP contribution in [0.3, 0.4) is 0 Å². The zero-order chi connectivity index (χ0) is 16.8. The van der Waals surface area contributed by atoms with Crippen molar-refractivity contribution in [3.05, 3.63) is 71.8 Å². The molecule has 0 bridgehead atoms. The van der Waals surface area contributed by atoms with Crippen molar-refractivity contribution < 1.29 is 9.53 Å². The first kappa shape index (κ1) is 16.3. The van der Waals surface area contributed by atoms with Gasteiger partial charge in [-0.05, 0) is 36.6 Å². The Labute approximate surface area is 143 Å². The molecule has 1 fully saturated rings. The minimum atomic E-state index is 0.171. The van der Waals surface area contributed by atoms with E-state index in [1.165, 1.54) is 5.56 Å². The second kappa shape index (κ2) is 7.82. The van der Waals surface area contributed by atoms with Crippen molar-refractivity contribution in [2.24, 2.45) is 0 Å². The van der Waals surface area contributed by atoms with E-state index in [1.807, 2.05) is 54.3 Å². The summed E-state index contributed by atoms with van der Waals surface area (Å²) in [6.45, 7) is 3.33. The van der Waals surface area contributed by atoms with Gasteiger partial charge in [-0.3, -0.25) is 4.79 Å². The molecule has 1 unspecified atom stereocenters. The van der Waals surface area contributed by atoms with Gasteiger partial charge >= 0.3 is 0 Å². The third-order valence-corrected chi connectivity index (χ3v) is 4.27. The van der Waals surface area contributed by atoms with Crippen LogP contribution in [0.4, 0.5) is 0 Å². The summed E-state index contributed by atoms with van der Waals surface area (Å²) in [6, 6.07) is 18.4. The number of ether oxygens (including phenoxy) is 1. The Balaban J connectivity index is 1.67. The molecular weight excluding hydrogens is 298 g/mol. The first-order chi connectivity index (χ1) is 11.8. The Bertz CT molecular complexity index is 692. The number of likely N-dealkylation sites (tertiary alicyclic amines) is 1. The van der Waals surface area contributed by atoms with E-state index >= 15 is 0 Å². The summed E-state index contributed by atoms with van der Waals surface area (Å²) in [5.74, 6) is 1.12. The molecule has 3 rings (SSSR count). The molecule has 1 heterocycles. The van der Waals surface area contributed by atoms with Crippen molar-refractivity contribution in [1.82, 2.24) is 4.90 Å². The number of carbonyl (C=O) groups excluding carboxylic acids is 1. The highest BCUT2D eigenvalue weighted by atomic mass is 16.5. The number of nitrogens with zero attached hydrogens (tertiary/aromatic N) is 1. The second-order valence-electron chi connectivity index (χ2n) is 5.97. The Morgan fingerprint density at radius 1 is 1.12 bits per heavy atom. The summed E-state index contributed by atoms with van der Waals surface area (Å²) in [4.78, 5) is 14.2. The van der Waals surface area contributed by atoms with E-state index < -0.39 is 0 Å². The highest BCUT2D eigenvalue weighted by Gasteiger charge is 2.28. The first-order valence-electron chi connectivity index (χ1n) is 8.50. The smallest absolute Gasteiger partial charge is 0.223 e. The lowest BCUT2D eigenvalue weighted by atomic mass is 10.1. The van der Waals surface area contributed by atoms with E-state index in [1.54, 1.807) is 0 Å². The molecule has 0 N–H and O–H groups in total. The van der Waals surface area contributed by atoms with Crippen molar-refractivity contribution in [3.8, 4) is 5.75 Å². The lowest BCUT2D eigenvalue weighted by molar-refractivity contribution is -0.129. The summed E-state index contributed by atoms with van der Waals surface area (Å²) < 4.78 is 5.46. The van der Waals surface area contributed by atoms with Crippen LogP contribution in [0.5, 0.6) is 5.75 Å². The van der Waals surface area contributed by atoms with E-state index in [0.29, 0.717) is 19.6 Å². The summed E-state index contributed by atoms with van der Waals surface area (Å²) >= 11 is 0. The molecule has 24 heavy (non-hydrogen) atoms. The third-order valence-electron chi connectivity index (χ3n) is 4.27. The van der Waals surface area contributed by atoms with Gasteiger partial charge in [0, 0.05) is 13.0 Å². The average molecular weight is 321 g/mol. The molecule has 1 aliphatic rings. The summed E-state index contributed by atoms with van der Waals surface area (Å²) in [5.41, 5.74) is 2.30. The van der Waals surface area contributed by atoms with Crippen LogP contribution in [0, 0.1) is 0 Å². The first-order valence-corrected chi connectivity index (χ1v) is 8.50. The molecule has 2 aromatic rings. The minimum absolute atomic E-state index is 0.171. The van der Waals surface area contributed by atoms with Gasteiger partial charge in [0.2, 0.25) is 5.91 Å². The van der Waals surface area contributed by atoms with Gasteiger partial charge in [0.05, 0.1) is 12.6 Å². The standard InChI is InChI=1S/C21H23NO2/c1-2-24-20-13-9-17(10-14-20)8-11-19-12-15-21(23)22(19)16-18-6-4-3-5-7-18/h3-11,13-14,19H,2,12,15-16H2,1H3/b11-8+. The van der Waals surface area contributed by atoms with Crippen LogP contribution in [-0.2, 0) is 11.3 Å². The SMILES string of the molecule is CCOc1ccc(/C=C/C2CCC(=O)N2Cc2ccccc2)cc1. The Morgan fingerprint density at radius 2 is 1.88 bits per heavy atom. The fourth-order valence-corrected chi connectivity index (χ4v) is 3.01. The lowest BCUT2D eigenvalue weighted by Crippen LogP contribution is -2.31. The maximum absolute atomic E-state index is 12.2. The molecule has 0 spiro atoms. The third kappa shape index (κ3) is 4.05. The van der Waals surface area contributed by atoms with Gasteiger partial charge in [-0.1, -0.05) is 54.6 Å². The maximum Gasteiger partial charge on any atom is 0.223 e. The normalized spacial score (nSPS) is 17.6. The molecule has 2 aromatic carbocycles. The molecule has 1 amide bonds. The van der Waals surface area contributed by atoms with Crippen molar-refractivity contribution in [1.29, 1.82) is 0 Å². The molecule has 1 saturated heterocycles. The zero-order valence-corrected chi connectivity index (χ0v) is 14.0. The number of rotatable bonds is 6. The van der Waals surface area contributed by atoms with Crippen molar-refractivity contribution in [2.75, 3.05) is 6.61 Å². The van der Waals surface area contributed by atoms with Gasteiger partial charge in [-0.25, -0.2) is 0 Å². The van der Waals surface area contributed by atoms with Gasteiger partial charge in [0.1, 0.15) is 5.75 Å². The highest BCUT2D eigenvalue weighted by molar-refractivity contribution is 5.79. The van der Waals surface area contributed by atoms with Crippen molar-refractivity contribution in [3.63, 3.8) is 0 Å². The fourth-order valence-electron chi connectivity index (χ4n) is 3.01. The fraction of sp³-hybridized carbons (Fsp3) is 0.286. The van der Waals surface area contributed by atoms with Crippen LogP contribution in [0.25, 0.3) is 6.08 Å². The largest absolute Gasteiger partial charge is 0.494 e. The van der Waals surface area contributed by atoms with Crippen LogP contribution in [0.2, 0.25) is 0 Å². The van der Waals surface area contributed by atoms with Gasteiger partial charge in [0.25, 0.3) is 0 Å². The van der Waals surface area contributed by atoms with Crippen LogP contribution < -0.4 is 4.74 Å². The topological polar surface area (TPSA) is 29.5 Å². The Kier molecular flexibility index (Phi) is 5.32. The van der Waals surface area contributed by atoms with Crippen LogP contribution in [-0.4, -0.2) is 23.5 Å². The highest BCUT2D eigenvalue weighted by Crippen LogP contribution is 2.23. The van der Waals surface area contributed by atoms with E-state index in [9.17, 15) is 4.79 Å². The molecule has 1 aliphatic heterocycles. The molecule has 0 radical (unpaired) electrons. The quantitative estimate of drug-likeness (QED) is 0.794. The monoisotopic (exact) mass is 321 g/mol. The van der Waals surface area contributed by atoms with Gasteiger partial charge in [0.15, 0.2) is 0 Å². The molecule has 1 atom stereocenters. The molecular formula is C21H23NO2. The van der Waals surface area contributed by atoms with Gasteiger partial charge < -0.3 is 9.64 Å². The van der Waals surface area contributed by atoms with Gasteiger partial charge in [-0.2, -0.15) is 0 Å². The molecule has 0 aliphatic carbocycles.